The summed E-state index contributed by atoms with van der Waals surface area (Å²) in [6, 6.07) is 11.9. The Kier molecular flexibility index (Phi) is 8.96. The first-order valence-corrected chi connectivity index (χ1v) is 19.3. The Morgan fingerprint density at radius 3 is 2.28 bits per heavy atom. The van der Waals surface area contributed by atoms with E-state index in [-0.39, 0.29) is 42.1 Å². The molecule has 4 aliphatic rings. The summed E-state index contributed by atoms with van der Waals surface area (Å²) in [7, 11) is 0. The van der Waals surface area contributed by atoms with Crippen LogP contribution in [-0.2, 0) is 14.3 Å². The molecule has 0 unspecified atom stereocenters. The van der Waals surface area contributed by atoms with E-state index in [4.69, 9.17) is 19.3 Å². The third-order valence-electron chi connectivity index (χ3n) is 11.3. The van der Waals surface area contributed by atoms with Gasteiger partial charge in [-0.2, -0.15) is 10.2 Å². The van der Waals surface area contributed by atoms with Crippen LogP contribution in [0.15, 0.2) is 53.6 Å². The summed E-state index contributed by atoms with van der Waals surface area (Å²) in [4.78, 5) is 51.2. The molecule has 3 aromatic heterocycles. The lowest BCUT2D eigenvalue weighted by atomic mass is 9.49. The van der Waals surface area contributed by atoms with Crippen LogP contribution in [0.3, 0.4) is 0 Å². The highest BCUT2D eigenvalue weighted by molar-refractivity contribution is 6.00. The van der Waals surface area contributed by atoms with Crippen molar-refractivity contribution >= 4 is 34.3 Å². The van der Waals surface area contributed by atoms with Crippen LogP contribution in [0.2, 0.25) is 0 Å². The van der Waals surface area contributed by atoms with Crippen LogP contribution >= 0.6 is 0 Å². The summed E-state index contributed by atoms with van der Waals surface area (Å²) in [5.41, 5.74) is 0.804. The van der Waals surface area contributed by atoms with Crippen LogP contribution in [0.5, 0.6) is 5.75 Å². The van der Waals surface area contributed by atoms with Gasteiger partial charge < -0.3 is 24.8 Å². The maximum absolute atomic E-state index is 13.6. The Labute approximate surface area is 314 Å². The van der Waals surface area contributed by atoms with Gasteiger partial charge in [0.15, 0.2) is 0 Å². The highest BCUT2D eigenvalue weighted by Gasteiger charge is 2.54. The number of hydrogen-bond donors (Lipinski definition) is 2. The number of carbonyl (C=O) groups is 3. The summed E-state index contributed by atoms with van der Waals surface area (Å²) in [6.45, 7) is 8.34. The van der Waals surface area contributed by atoms with E-state index in [9.17, 15) is 19.2 Å². The normalized spacial score (nSPS) is 22.5. The number of aromatic nitrogens is 4. The Bertz CT molecular complexity index is 2150. The van der Waals surface area contributed by atoms with Crippen LogP contribution in [0.4, 0.5) is 4.79 Å². The zero-order valence-corrected chi connectivity index (χ0v) is 31.7. The third kappa shape index (κ3) is 7.54. The van der Waals surface area contributed by atoms with Crippen molar-refractivity contribution in [1.82, 2.24) is 30.0 Å². The number of ether oxygens (including phenoxy) is 3. The van der Waals surface area contributed by atoms with Gasteiger partial charge in [0, 0.05) is 17.3 Å². The van der Waals surface area contributed by atoms with Gasteiger partial charge in [-0.15, -0.1) is 0 Å². The summed E-state index contributed by atoms with van der Waals surface area (Å²) in [5, 5.41) is 16.9. The molecule has 13 heteroatoms. The monoisotopic (exact) mass is 738 g/mol. The molecule has 54 heavy (non-hydrogen) atoms. The van der Waals surface area contributed by atoms with Crippen LogP contribution < -0.4 is 20.9 Å². The molecule has 1 spiro atoms. The number of rotatable bonds is 12. The summed E-state index contributed by atoms with van der Waals surface area (Å²) >= 11 is 0. The van der Waals surface area contributed by atoms with E-state index in [1.807, 2.05) is 22.9 Å². The first kappa shape index (κ1) is 36.1. The highest BCUT2D eigenvalue weighted by atomic mass is 16.6. The Morgan fingerprint density at radius 2 is 1.61 bits per heavy atom. The van der Waals surface area contributed by atoms with E-state index in [2.05, 4.69) is 21.8 Å². The molecule has 1 aromatic carbocycles. The molecule has 13 nitrogen and oxygen atoms in total. The van der Waals surface area contributed by atoms with Crippen molar-refractivity contribution in [3.63, 3.8) is 0 Å². The SMILES string of the molecule is CC(C)(C)OC(=O)NCC(=O)OC(C)(C)COc1ccc2c(C(=O)N[C@H]3CC4(C3)C[C@H](c3nn(C(C5CC5)C5CC5)c(=O)c5ccccc53)C4)cnn2c1. The molecule has 2 N–H and O–H groups in total. The number of alkyl carbamates (subject to hydrolysis) is 1. The number of amides is 2. The molecule has 0 aliphatic heterocycles. The summed E-state index contributed by atoms with van der Waals surface area (Å²) < 4.78 is 20.0. The standard InChI is InChI=1S/C41H50N6O7/c1-39(2,3)54-38(51)42-21-33(48)53-40(4,5)23-52-28-14-15-32-31(20-43-46(32)22-28)36(49)44-27-18-41(19-27)16-26(17-41)34-29-8-6-7-9-30(29)37(50)47(45-34)35(24-10-11-24)25-12-13-25/h6-9,14-15,20,22,24-27,35H,10-13,16-19,21,23H2,1-5H3,(H,42,51)(H,44,49)/t26-,27-,41?. The fourth-order valence-corrected chi connectivity index (χ4v) is 8.57. The molecular weight excluding hydrogens is 688 g/mol. The molecule has 4 aliphatic carbocycles. The first-order valence-electron chi connectivity index (χ1n) is 19.3. The number of fused-ring (bicyclic) bond motifs is 2. The highest BCUT2D eigenvalue weighted by Crippen LogP contribution is 2.62. The van der Waals surface area contributed by atoms with Crippen LogP contribution in [0.25, 0.3) is 16.3 Å². The van der Waals surface area contributed by atoms with Gasteiger partial charge in [-0.25, -0.2) is 14.0 Å². The van der Waals surface area contributed by atoms with Crippen LogP contribution in [-0.4, -0.2) is 67.8 Å². The van der Waals surface area contributed by atoms with Crippen LogP contribution in [0, 0.1) is 17.3 Å². The van der Waals surface area contributed by atoms with Crippen molar-refractivity contribution in [2.24, 2.45) is 17.3 Å². The lowest BCUT2D eigenvalue weighted by Crippen LogP contribution is -2.55. The molecule has 0 radical (unpaired) electrons. The lowest BCUT2D eigenvalue weighted by Gasteiger charge is -2.57. The maximum Gasteiger partial charge on any atom is 0.408 e. The van der Waals surface area contributed by atoms with Gasteiger partial charge >= 0.3 is 12.1 Å². The second-order valence-corrected chi connectivity index (χ2v) is 17.7. The number of carbonyl (C=O) groups excluding carboxylic acids is 3. The minimum Gasteiger partial charge on any atom is -0.488 e. The van der Waals surface area contributed by atoms with Crippen molar-refractivity contribution in [1.29, 1.82) is 0 Å². The minimum atomic E-state index is -0.986. The molecule has 0 saturated heterocycles. The number of benzene rings is 1. The van der Waals surface area contributed by atoms with E-state index in [1.165, 1.54) is 25.7 Å². The molecule has 8 rings (SSSR count). The molecule has 4 saturated carbocycles. The second-order valence-electron chi connectivity index (χ2n) is 17.7. The van der Waals surface area contributed by atoms with E-state index in [1.54, 1.807) is 63.7 Å². The average Bonchev–Trinajstić information content (AvgIpc) is 4.03. The Balaban J connectivity index is 0.839. The van der Waals surface area contributed by atoms with Crippen molar-refractivity contribution in [2.75, 3.05) is 13.2 Å². The first-order chi connectivity index (χ1) is 25.7. The van der Waals surface area contributed by atoms with Crippen molar-refractivity contribution in [2.45, 2.75) is 115 Å². The van der Waals surface area contributed by atoms with Gasteiger partial charge in [-0.05, 0) is 121 Å². The third-order valence-corrected chi connectivity index (χ3v) is 11.3. The molecular formula is C41H50N6O7. The van der Waals surface area contributed by atoms with Gasteiger partial charge in [-0.3, -0.25) is 14.4 Å². The van der Waals surface area contributed by atoms with E-state index < -0.39 is 23.3 Å². The minimum absolute atomic E-state index is 0.0489. The summed E-state index contributed by atoms with van der Waals surface area (Å²) in [5.74, 6) is 1.19. The molecule has 3 heterocycles. The van der Waals surface area contributed by atoms with Gasteiger partial charge in [0.1, 0.15) is 30.1 Å². The number of nitrogens with zero attached hydrogens (tertiary/aromatic N) is 4. The van der Waals surface area contributed by atoms with E-state index in [0.717, 1.165) is 42.1 Å². The predicted molar refractivity (Wildman–Crippen MR) is 200 cm³/mol. The Morgan fingerprint density at radius 1 is 0.926 bits per heavy atom. The predicted octanol–water partition coefficient (Wildman–Crippen LogP) is 6.09. The molecule has 4 fully saturated rings. The van der Waals surface area contributed by atoms with Gasteiger partial charge in [0.25, 0.3) is 11.5 Å². The van der Waals surface area contributed by atoms with Crippen molar-refractivity contribution < 1.29 is 28.6 Å². The second kappa shape index (κ2) is 13.4. The number of hydrogen-bond acceptors (Lipinski definition) is 9. The van der Waals surface area contributed by atoms with Gasteiger partial charge in [-0.1, -0.05) is 18.2 Å². The fraction of sp³-hybridized carbons (Fsp3) is 0.561. The van der Waals surface area contributed by atoms with Gasteiger partial charge in [0.05, 0.1) is 40.6 Å². The number of pyridine rings is 1. The smallest absolute Gasteiger partial charge is 0.408 e. The maximum atomic E-state index is 13.6. The topological polar surface area (TPSA) is 155 Å². The quantitative estimate of drug-likeness (QED) is 0.164. The molecule has 286 valence electrons. The van der Waals surface area contributed by atoms with Gasteiger partial charge in [0.2, 0.25) is 0 Å². The van der Waals surface area contributed by atoms with Crippen molar-refractivity contribution in [3.05, 3.63) is 70.4 Å². The molecule has 4 aromatic rings. The fourth-order valence-electron chi connectivity index (χ4n) is 8.57. The zero-order valence-electron chi connectivity index (χ0n) is 31.7. The number of nitrogens with one attached hydrogen (secondary N) is 2. The molecule has 0 bridgehead atoms. The zero-order chi connectivity index (χ0) is 38.0. The summed E-state index contributed by atoms with van der Waals surface area (Å²) in [6.07, 6.45) is 11.2. The van der Waals surface area contributed by atoms with E-state index >= 15 is 0 Å². The average molecular weight is 739 g/mol. The van der Waals surface area contributed by atoms with E-state index in [0.29, 0.717) is 34.6 Å². The molecule has 0 atom stereocenters. The molecule has 2 amide bonds. The largest absolute Gasteiger partial charge is 0.488 e. The van der Waals surface area contributed by atoms with Crippen molar-refractivity contribution in [3.8, 4) is 5.75 Å². The number of esters is 1. The van der Waals surface area contributed by atoms with Crippen LogP contribution in [0.1, 0.15) is 114 Å². The Hall–Kier alpha value is -4.94. The lowest BCUT2D eigenvalue weighted by molar-refractivity contribution is -0.157.